The molecule has 2 N–H and O–H groups in total. The molecule has 4 rings (SSSR count). The van der Waals surface area contributed by atoms with Gasteiger partial charge in [-0.3, -0.25) is 9.36 Å². The molecule has 9 heteroatoms. The molecule has 8 nitrogen and oxygen atoms in total. The molecule has 0 aliphatic heterocycles. The van der Waals surface area contributed by atoms with E-state index in [0.717, 1.165) is 28.5 Å². The molecule has 0 radical (unpaired) electrons. The van der Waals surface area contributed by atoms with Gasteiger partial charge < -0.3 is 10.1 Å². The maximum atomic E-state index is 12.4. The van der Waals surface area contributed by atoms with Crippen molar-refractivity contribution in [2.24, 2.45) is 5.10 Å². The minimum absolute atomic E-state index is 0.150. The van der Waals surface area contributed by atoms with Crippen LogP contribution in [0.25, 0.3) is 5.69 Å². The second-order valence-electron chi connectivity index (χ2n) is 7.37. The fourth-order valence-corrected chi connectivity index (χ4v) is 4.00. The third-order valence-electron chi connectivity index (χ3n) is 4.87. The van der Waals surface area contributed by atoms with Crippen molar-refractivity contribution in [3.8, 4) is 11.4 Å². The molecular formula is C26H26N6O2S. The number of hydrazone groups is 1. The van der Waals surface area contributed by atoms with E-state index < -0.39 is 0 Å². The molecule has 0 spiro atoms. The molecule has 0 unspecified atom stereocenters. The lowest BCUT2D eigenvalue weighted by atomic mass is 10.2. The number of carbonyl (C=O) groups excluding carboxylic acids is 1. The van der Waals surface area contributed by atoms with Crippen molar-refractivity contribution in [2.75, 3.05) is 17.7 Å². The second-order valence-corrected chi connectivity index (χ2v) is 8.32. The minimum Gasteiger partial charge on any atom is -0.494 e. The summed E-state index contributed by atoms with van der Waals surface area (Å²) in [6, 6.07) is 27.2. The Morgan fingerprint density at radius 2 is 1.71 bits per heavy atom. The van der Waals surface area contributed by atoms with Crippen LogP contribution in [0.3, 0.4) is 0 Å². The summed E-state index contributed by atoms with van der Waals surface area (Å²) in [6.45, 7) is 3.04. The van der Waals surface area contributed by atoms with E-state index in [1.54, 1.807) is 6.21 Å². The summed E-state index contributed by atoms with van der Waals surface area (Å²) in [4.78, 5) is 12.4. The van der Waals surface area contributed by atoms with Gasteiger partial charge in [0.1, 0.15) is 5.75 Å². The fraction of sp³-hybridized carbons (Fsp3) is 0.154. The summed E-state index contributed by atoms with van der Waals surface area (Å²) in [5.74, 6) is 1.46. The standard InChI is InChI=1S/C26H26N6O2S/c1-2-34-23-15-13-20(14-16-23)17-28-30-25(33)19-35-26-31-29-24(18-27-21-9-5-3-6-10-21)32(26)22-11-7-4-8-12-22/h3-17,27H,2,18-19H2,1H3,(H,30,33). The number of thioether (sulfide) groups is 1. The summed E-state index contributed by atoms with van der Waals surface area (Å²) < 4.78 is 7.38. The van der Waals surface area contributed by atoms with Crippen LogP contribution in [0.5, 0.6) is 5.75 Å². The van der Waals surface area contributed by atoms with Crippen LogP contribution in [-0.2, 0) is 11.3 Å². The second kappa shape index (κ2) is 12.4. The van der Waals surface area contributed by atoms with Crippen molar-refractivity contribution in [2.45, 2.75) is 18.6 Å². The number of nitrogens with one attached hydrogen (secondary N) is 2. The van der Waals surface area contributed by atoms with Gasteiger partial charge in [0.25, 0.3) is 5.91 Å². The highest BCUT2D eigenvalue weighted by atomic mass is 32.2. The Hall–Kier alpha value is -4.11. The van der Waals surface area contributed by atoms with E-state index in [2.05, 4.69) is 26.0 Å². The largest absolute Gasteiger partial charge is 0.494 e. The van der Waals surface area contributed by atoms with Crippen LogP contribution in [0.2, 0.25) is 0 Å². The van der Waals surface area contributed by atoms with E-state index >= 15 is 0 Å². The maximum absolute atomic E-state index is 12.4. The van der Waals surface area contributed by atoms with Gasteiger partial charge in [-0.05, 0) is 61.0 Å². The molecule has 0 aliphatic rings. The van der Waals surface area contributed by atoms with Gasteiger partial charge in [0.05, 0.1) is 25.1 Å². The molecule has 0 bridgehead atoms. The highest BCUT2D eigenvalue weighted by Gasteiger charge is 2.15. The highest BCUT2D eigenvalue weighted by Crippen LogP contribution is 2.22. The van der Waals surface area contributed by atoms with Crippen LogP contribution >= 0.6 is 11.8 Å². The summed E-state index contributed by atoms with van der Waals surface area (Å²) >= 11 is 1.31. The zero-order valence-corrected chi connectivity index (χ0v) is 20.1. The monoisotopic (exact) mass is 486 g/mol. The number of anilines is 1. The van der Waals surface area contributed by atoms with E-state index in [9.17, 15) is 4.79 Å². The summed E-state index contributed by atoms with van der Waals surface area (Å²) in [5, 5.41) is 16.7. The maximum Gasteiger partial charge on any atom is 0.250 e. The molecular weight excluding hydrogens is 460 g/mol. The lowest BCUT2D eigenvalue weighted by Crippen LogP contribution is -2.20. The van der Waals surface area contributed by atoms with Crippen LogP contribution in [0.4, 0.5) is 5.69 Å². The van der Waals surface area contributed by atoms with Crippen molar-refractivity contribution in [3.63, 3.8) is 0 Å². The first kappa shape index (κ1) is 24.0. The summed E-state index contributed by atoms with van der Waals surface area (Å²) in [5.41, 5.74) is 5.35. The number of carbonyl (C=O) groups is 1. The molecule has 0 saturated heterocycles. The molecule has 0 atom stereocenters. The van der Waals surface area contributed by atoms with Crippen LogP contribution in [0.15, 0.2) is 95.2 Å². The average molecular weight is 487 g/mol. The first-order chi connectivity index (χ1) is 17.2. The van der Waals surface area contributed by atoms with E-state index in [1.165, 1.54) is 11.8 Å². The fourth-order valence-electron chi connectivity index (χ4n) is 3.24. The summed E-state index contributed by atoms with van der Waals surface area (Å²) in [6.07, 6.45) is 1.60. The number of hydrogen-bond acceptors (Lipinski definition) is 7. The predicted molar refractivity (Wildman–Crippen MR) is 139 cm³/mol. The zero-order valence-electron chi connectivity index (χ0n) is 19.3. The number of para-hydroxylation sites is 2. The van der Waals surface area contributed by atoms with Gasteiger partial charge in [-0.1, -0.05) is 48.2 Å². The number of hydrogen-bond donors (Lipinski definition) is 2. The number of aromatic nitrogens is 3. The normalized spacial score (nSPS) is 10.9. The molecule has 1 aromatic heterocycles. The Kier molecular flexibility index (Phi) is 8.50. The van der Waals surface area contributed by atoms with Crippen LogP contribution < -0.4 is 15.5 Å². The van der Waals surface area contributed by atoms with Crippen molar-refractivity contribution in [1.29, 1.82) is 0 Å². The molecule has 0 aliphatic carbocycles. The van der Waals surface area contributed by atoms with Crippen molar-refractivity contribution in [3.05, 3.63) is 96.3 Å². The average Bonchev–Trinajstić information content (AvgIpc) is 3.31. The van der Waals surface area contributed by atoms with Crippen LogP contribution in [0, 0.1) is 0 Å². The van der Waals surface area contributed by atoms with E-state index in [4.69, 9.17) is 4.74 Å². The van der Waals surface area contributed by atoms with E-state index in [0.29, 0.717) is 18.3 Å². The van der Waals surface area contributed by atoms with Gasteiger partial charge in [-0.15, -0.1) is 10.2 Å². The highest BCUT2D eigenvalue weighted by molar-refractivity contribution is 7.99. The van der Waals surface area contributed by atoms with E-state index in [-0.39, 0.29) is 11.7 Å². The number of ether oxygens (including phenoxy) is 1. The Balaban J connectivity index is 1.38. The van der Waals surface area contributed by atoms with Crippen LogP contribution in [0.1, 0.15) is 18.3 Å². The zero-order chi connectivity index (χ0) is 24.3. The molecule has 0 fully saturated rings. The van der Waals surface area contributed by atoms with E-state index in [1.807, 2.05) is 96.4 Å². The number of amides is 1. The number of rotatable bonds is 11. The van der Waals surface area contributed by atoms with Gasteiger partial charge >= 0.3 is 0 Å². The van der Waals surface area contributed by atoms with Gasteiger partial charge in [0, 0.05) is 11.4 Å². The molecule has 0 saturated carbocycles. The molecule has 4 aromatic rings. The third-order valence-corrected chi connectivity index (χ3v) is 5.79. The molecule has 1 amide bonds. The SMILES string of the molecule is CCOc1ccc(C=NNC(=O)CSc2nnc(CNc3ccccc3)n2-c2ccccc2)cc1. The molecule has 35 heavy (non-hydrogen) atoms. The minimum atomic E-state index is -0.233. The smallest absolute Gasteiger partial charge is 0.250 e. The quantitative estimate of drug-likeness (QED) is 0.184. The Bertz CT molecular complexity index is 1240. The van der Waals surface area contributed by atoms with Gasteiger partial charge in [-0.25, -0.2) is 5.43 Å². The molecule has 1 heterocycles. The van der Waals surface area contributed by atoms with Crippen molar-refractivity contribution >= 4 is 29.6 Å². The third kappa shape index (κ3) is 6.94. The summed E-state index contributed by atoms with van der Waals surface area (Å²) in [7, 11) is 0. The first-order valence-corrected chi connectivity index (χ1v) is 12.2. The van der Waals surface area contributed by atoms with Crippen molar-refractivity contribution in [1.82, 2.24) is 20.2 Å². The Labute approximate surface area is 208 Å². The Morgan fingerprint density at radius 1 is 1.00 bits per heavy atom. The van der Waals surface area contributed by atoms with Crippen LogP contribution in [-0.4, -0.2) is 39.2 Å². The lowest BCUT2D eigenvalue weighted by molar-refractivity contribution is -0.118. The molecule has 3 aromatic carbocycles. The topological polar surface area (TPSA) is 93.4 Å². The predicted octanol–water partition coefficient (Wildman–Crippen LogP) is 4.52. The molecule has 178 valence electrons. The Morgan fingerprint density at radius 3 is 2.43 bits per heavy atom. The first-order valence-electron chi connectivity index (χ1n) is 11.2. The lowest BCUT2D eigenvalue weighted by Gasteiger charge is -2.11. The van der Waals surface area contributed by atoms with Gasteiger partial charge in [0.15, 0.2) is 11.0 Å². The number of benzene rings is 3. The van der Waals surface area contributed by atoms with Crippen molar-refractivity contribution < 1.29 is 9.53 Å². The number of nitrogens with zero attached hydrogens (tertiary/aromatic N) is 4. The van der Waals surface area contributed by atoms with Gasteiger partial charge in [-0.2, -0.15) is 5.10 Å². The van der Waals surface area contributed by atoms with Gasteiger partial charge in [0.2, 0.25) is 0 Å².